The van der Waals surface area contributed by atoms with Crippen LogP contribution in [0.25, 0.3) is 0 Å². The third kappa shape index (κ3) is 5.53. The summed E-state index contributed by atoms with van der Waals surface area (Å²) >= 11 is 0. The van der Waals surface area contributed by atoms with Crippen molar-refractivity contribution in [1.29, 1.82) is 0 Å². The minimum absolute atomic E-state index is 0.0470. The summed E-state index contributed by atoms with van der Waals surface area (Å²) in [4.78, 5) is 36.1. The third-order valence-electron chi connectivity index (χ3n) is 3.96. The Hall–Kier alpha value is -3.42. The molecule has 2 aromatic rings. The number of nitro benzene ring substituents is 1. The second-order valence-corrected chi connectivity index (χ2v) is 5.70. The smallest absolute Gasteiger partial charge is 0.307 e. The number of esters is 1. The Balaban J connectivity index is 2.19. The molecule has 0 aliphatic rings. The van der Waals surface area contributed by atoms with Crippen LogP contribution in [-0.2, 0) is 16.1 Å². The number of methoxy groups -OCH3 is 2. The zero-order valence-corrected chi connectivity index (χ0v) is 15.1. The fourth-order valence-corrected chi connectivity index (χ4v) is 2.44. The Morgan fingerprint density at radius 2 is 1.67 bits per heavy atom. The first-order valence-electron chi connectivity index (χ1n) is 8.18. The van der Waals surface area contributed by atoms with E-state index < -0.39 is 10.9 Å². The Morgan fingerprint density at radius 1 is 1.04 bits per heavy atom. The minimum Gasteiger partial charge on any atom is -0.497 e. The van der Waals surface area contributed by atoms with E-state index >= 15 is 0 Å². The van der Waals surface area contributed by atoms with Crippen molar-refractivity contribution in [2.24, 2.45) is 0 Å². The van der Waals surface area contributed by atoms with Crippen LogP contribution in [0, 0.1) is 10.1 Å². The van der Waals surface area contributed by atoms with E-state index in [9.17, 15) is 19.7 Å². The average molecular weight is 372 g/mol. The molecule has 2 aromatic carbocycles. The fraction of sp³-hybridized carbons (Fsp3) is 0.263. The van der Waals surface area contributed by atoms with Crippen molar-refractivity contribution in [2.75, 3.05) is 20.8 Å². The molecule has 0 saturated carbocycles. The van der Waals surface area contributed by atoms with Crippen molar-refractivity contribution in [3.63, 3.8) is 0 Å². The van der Waals surface area contributed by atoms with Crippen molar-refractivity contribution in [3.8, 4) is 5.75 Å². The number of amides is 1. The predicted octanol–water partition coefficient (Wildman–Crippen LogP) is 2.81. The fourth-order valence-electron chi connectivity index (χ4n) is 2.44. The van der Waals surface area contributed by atoms with E-state index in [1.807, 2.05) is 12.1 Å². The zero-order valence-electron chi connectivity index (χ0n) is 15.1. The molecular weight excluding hydrogens is 352 g/mol. The first-order chi connectivity index (χ1) is 12.9. The van der Waals surface area contributed by atoms with Gasteiger partial charge in [0.1, 0.15) is 5.75 Å². The summed E-state index contributed by atoms with van der Waals surface area (Å²) in [5, 5.41) is 10.8. The van der Waals surface area contributed by atoms with Gasteiger partial charge in [0, 0.05) is 30.8 Å². The lowest BCUT2D eigenvalue weighted by molar-refractivity contribution is -0.384. The van der Waals surface area contributed by atoms with Crippen LogP contribution in [0.15, 0.2) is 48.5 Å². The number of ether oxygens (including phenoxy) is 2. The molecule has 0 saturated heterocycles. The summed E-state index contributed by atoms with van der Waals surface area (Å²) in [5.41, 5.74) is 1.07. The van der Waals surface area contributed by atoms with Crippen LogP contribution < -0.4 is 4.74 Å². The first-order valence-corrected chi connectivity index (χ1v) is 8.18. The van der Waals surface area contributed by atoms with Gasteiger partial charge in [-0.05, 0) is 29.8 Å². The number of rotatable bonds is 8. The van der Waals surface area contributed by atoms with E-state index in [2.05, 4.69) is 4.74 Å². The average Bonchev–Trinajstić information content (AvgIpc) is 2.70. The van der Waals surface area contributed by atoms with Crippen molar-refractivity contribution < 1.29 is 24.0 Å². The molecule has 0 aliphatic carbocycles. The topological polar surface area (TPSA) is 99.0 Å². The molecule has 0 unspecified atom stereocenters. The van der Waals surface area contributed by atoms with E-state index in [0.717, 1.165) is 5.56 Å². The summed E-state index contributed by atoms with van der Waals surface area (Å²) in [6, 6.07) is 12.6. The Kier molecular flexibility index (Phi) is 6.87. The number of carbonyl (C=O) groups is 2. The maximum absolute atomic E-state index is 12.8. The first kappa shape index (κ1) is 19.9. The highest BCUT2D eigenvalue weighted by Gasteiger charge is 2.19. The molecule has 1 amide bonds. The minimum atomic E-state index is -0.527. The van der Waals surface area contributed by atoms with Crippen molar-refractivity contribution in [1.82, 2.24) is 4.90 Å². The number of hydrogen-bond donors (Lipinski definition) is 0. The molecular formula is C19H20N2O6. The van der Waals surface area contributed by atoms with Crippen LogP contribution in [-0.4, -0.2) is 42.5 Å². The summed E-state index contributed by atoms with van der Waals surface area (Å²) in [6.45, 7) is 0.436. The van der Waals surface area contributed by atoms with Crippen molar-refractivity contribution in [3.05, 3.63) is 69.8 Å². The summed E-state index contributed by atoms with van der Waals surface area (Å²) in [6.07, 6.45) is 0.0470. The SMILES string of the molecule is COC(=O)CCN(Cc1ccc(OC)cc1)C(=O)c1ccc([N+](=O)[O-])cc1. The Morgan fingerprint density at radius 3 is 2.19 bits per heavy atom. The Bertz CT molecular complexity index is 802. The molecule has 8 nitrogen and oxygen atoms in total. The van der Waals surface area contributed by atoms with Gasteiger partial charge in [-0.3, -0.25) is 19.7 Å². The summed E-state index contributed by atoms with van der Waals surface area (Å²) in [7, 11) is 2.85. The number of nitro groups is 1. The molecule has 2 rings (SSSR count). The largest absolute Gasteiger partial charge is 0.497 e. The molecule has 27 heavy (non-hydrogen) atoms. The molecule has 0 fully saturated rings. The lowest BCUT2D eigenvalue weighted by atomic mass is 10.1. The molecule has 0 N–H and O–H groups in total. The van der Waals surface area contributed by atoms with Gasteiger partial charge in [0.15, 0.2) is 0 Å². The van der Waals surface area contributed by atoms with Crippen molar-refractivity contribution >= 4 is 17.6 Å². The van der Waals surface area contributed by atoms with E-state index in [1.54, 1.807) is 19.2 Å². The van der Waals surface area contributed by atoms with Crippen LogP contribution in [0.5, 0.6) is 5.75 Å². The maximum atomic E-state index is 12.8. The van der Waals surface area contributed by atoms with E-state index in [1.165, 1.54) is 36.3 Å². The monoisotopic (exact) mass is 372 g/mol. The molecule has 0 heterocycles. The number of hydrogen-bond acceptors (Lipinski definition) is 6. The van der Waals surface area contributed by atoms with Gasteiger partial charge in [-0.25, -0.2) is 0 Å². The van der Waals surface area contributed by atoms with Gasteiger partial charge in [0.25, 0.3) is 11.6 Å². The normalized spacial score (nSPS) is 10.1. The highest BCUT2D eigenvalue weighted by Crippen LogP contribution is 2.17. The number of nitrogens with zero attached hydrogens (tertiary/aromatic N) is 2. The van der Waals surface area contributed by atoms with E-state index in [0.29, 0.717) is 11.3 Å². The van der Waals surface area contributed by atoms with Crippen LogP contribution in [0.2, 0.25) is 0 Å². The number of benzene rings is 2. The number of carbonyl (C=O) groups excluding carboxylic acids is 2. The zero-order chi connectivity index (χ0) is 19.8. The maximum Gasteiger partial charge on any atom is 0.307 e. The molecule has 0 aromatic heterocycles. The van der Waals surface area contributed by atoms with Gasteiger partial charge in [0.2, 0.25) is 0 Å². The quantitative estimate of drug-likeness (QED) is 0.401. The molecule has 0 radical (unpaired) electrons. The lowest BCUT2D eigenvalue weighted by Gasteiger charge is -2.22. The molecule has 142 valence electrons. The highest BCUT2D eigenvalue weighted by molar-refractivity contribution is 5.94. The van der Waals surface area contributed by atoms with Gasteiger partial charge in [-0.2, -0.15) is 0 Å². The van der Waals surface area contributed by atoms with Gasteiger partial charge in [-0.1, -0.05) is 12.1 Å². The molecule has 0 aliphatic heterocycles. The predicted molar refractivity (Wildman–Crippen MR) is 97.5 cm³/mol. The van der Waals surface area contributed by atoms with Crippen LogP contribution in [0.1, 0.15) is 22.3 Å². The second kappa shape index (κ2) is 9.33. The van der Waals surface area contributed by atoms with Gasteiger partial charge < -0.3 is 14.4 Å². The third-order valence-corrected chi connectivity index (χ3v) is 3.96. The van der Waals surface area contributed by atoms with Crippen LogP contribution >= 0.6 is 0 Å². The van der Waals surface area contributed by atoms with Crippen LogP contribution in [0.3, 0.4) is 0 Å². The lowest BCUT2D eigenvalue weighted by Crippen LogP contribution is -2.32. The standard InChI is InChI=1S/C19H20N2O6/c1-26-17-9-3-14(4-10-17)13-20(12-11-18(22)27-2)19(23)15-5-7-16(8-6-15)21(24)25/h3-10H,11-13H2,1-2H3. The highest BCUT2D eigenvalue weighted by atomic mass is 16.6. The number of non-ortho nitro benzene ring substituents is 1. The van der Waals surface area contributed by atoms with E-state index in [-0.39, 0.29) is 31.1 Å². The Labute approximate surface area is 156 Å². The molecule has 0 bridgehead atoms. The molecule has 8 heteroatoms. The van der Waals surface area contributed by atoms with Crippen LogP contribution in [0.4, 0.5) is 5.69 Å². The van der Waals surface area contributed by atoms with E-state index in [4.69, 9.17) is 4.74 Å². The van der Waals surface area contributed by atoms with Gasteiger partial charge in [0.05, 0.1) is 25.6 Å². The van der Waals surface area contributed by atoms with Gasteiger partial charge >= 0.3 is 5.97 Å². The van der Waals surface area contributed by atoms with Crippen molar-refractivity contribution in [2.45, 2.75) is 13.0 Å². The molecule has 0 spiro atoms. The van der Waals surface area contributed by atoms with Gasteiger partial charge in [-0.15, -0.1) is 0 Å². The summed E-state index contributed by atoms with van der Waals surface area (Å²) in [5.74, 6) is -0.0580. The second-order valence-electron chi connectivity index (χ2n) is 5.70. The molecule has 0 atom stereocenters. The summed E-state index contributed by atoms with van der Waals surface area (Å²) < 4.78 is 9.76.